The first-order valence-electron chi connectivity index (χ1n) is 6.60. The average Bonchev–Trinajstić information content (AvgIpc) is 2.30. The lowest BCUT2D eigenvalue weighted by Crippen LogP contribution is -2.48. The molecule has 1 aliphatic heterocycles. The second-order valence-corrected chi connectivity index (χ2v) is 5.29. The molecule has 16 heavy (non-hydrogen) atoms. The summed E-state index contributed by atoms with van der Waals surface area (Å²) < 4.78 is 11.2. The predicted molar refractivity (Wildman–Crippen MR) is 64.6 cm³/mol. The lowest BCUT2D eigenvalue weighted by atomic mass is 9.73. The molecule has 0 bridgehead atoms. The molecule has 94 valence electrons. The number of methoxy groups -OCH3 is 1. The zero-order valence-corrected chi connectivity index (χ0v) is 10.6. The highest BCUT2D eigenvalue weighted by Gasteiger charge is 2.40. The molecule has 1 heterocycles. The number of hydrogen-bond acceptors (Lipinski definition) is 3. The third-order valence-corrected chi connectivity index (χ3v) is 4.50. The quantitative estimate of drug-likeness (QED) is 0.779. The van der Waals surface area contributed by atoms with Crippen molar-refractivity contribution in [1.29, 1.82) is 0 Å². The van der Waals surface area contributed by atoms with Crippen molar-refractivity contribution < 1.29 is 9.47 Å². The summed E-state index contributed by atoms with van der Waals surface area (Å²) in [6.45, 7) is 1.87. The molecule has 2 fully saturated rings. The summed E-state index contributed by atoms with van der Waals surface area (Å²) in [6, 6.07) is 0.601. The number of rotatable bonds is 5. The molecule has 1 saturated heterocycles. The van der Waals surface area contributed by atoms with E-state index in [0.29, 0.717) is 6.04 Å². The van der Waals surface area contributed by atoms with Gasteiger partial charge in [-0.1, -0.05) is 0 Å². The first-order chi connectivity index (χ1) is 7.79. The summed E-state index contributed by atoms with van der Waals surface area (Å²) in [5, 5.41) is 3.49. The molecule has 0 spiro atoms. The summed E-state index contributed by atoms with van der Waals surface area (Å²) in [7, 11) is 3.96. The van der Waals surface area contributed by atoms with Crippen LogP contribution in [0.1, 0.15) is 38.5 Å². The van der Waals surface area contributed by atoms with Crippen LogP contribution >= 0.6 is 0 Å². The Kier molecular flexibility index (Phi) is 4.22. The second-order valence-electron chi connectivity index (χ2n) is 5.29. The van der Waals surface area contributed by atoms with Crippen molar-refractivity contribution in [2.75, 3.05) is 27.4 Å². The summed E-state index contributed by atoms with van der Waals surface area (Å²) >= 11 is 0. The third kappa shape index (κ3) is 2.58. The molecule has 3 nitrogen and oxygen atoms in total. The van der Waals surface area contributed by atoms with E-state index in [9.17, 15) is 0 Å². The molecule has 1 aliphatic carbocycles. The van der Waals surface area contributed by atoms with Crippen LogP contribution in [0.15, 0.2) is 0 Å². The second kappa shape index (κ2) is 5.48. The van der Waals surface area contributed by atoms with Gasteiger partial charge in [0.2, 0.25) is 0 Å². The zero-order chi connectivity index (χ0) is 11.4. The average molecular weight is 227 g/mol. The molecule has 0 aromatic carbocycles. The Hall–Kier alpha value is -0.120. The molecule has 2 aliphatic rings. The van der Waals surface area contributed by atoms with E-state index in [2.05, 4.69) is 12.4 Å². The van der Waals surface area contributed by atoms with Gasteiger partial charge in [-0.15, -0.1) is 0 Å². The van der Waals surface area contributed by atoms with Crippen molar-refractivity contribution in [3.63, 3.8) is 0 Å². The third-order valence-electron chi connectivity index (χ3n) is 4.50. The summed E-state index contributed by atoms with van der Waals surface area (Å²) in [4.78, 5) is 0. The monoisotopic (exact) mass is 227 g/mol. The Balaban J connectivity index is 1.88. The molecule has 0 radical (unpaired) electrons. The molecule has 1 unspecified atom stereocenters. The van der Waals surface area contributed by atoms with Crippen LogP contribution in [0.25, 0.3) is 0 Å². The van der Waals surface area contributed by atoms with Crippen LogP contribution < -0.4 is 5.32 Å². The molecule has 0 aromatic heterocycles. The topological polar surface area (TPSA) is 30.5 Å². The zero-order valence-electron chi connectivity index (χ0n) is 10.6. The molecular formula is C13H25NO2. The van der Waals surface area contributed by atoms with Gasteiger partial charge < -0.3 is 14.8 Å². The van der Waals surface area contributed by atoms with Gasteiger partial charge in [0.15, 0.2) is 0 Å². The summed E-state index contributed by atoms with van der Waals surface area (Å²) in [5.74, 6) is 0.770. The van der Waals surface area contributed by atoms with Crippen LogP contribution in [0.2, 0.25) is 0 Å². The van der Waals surface area contributed by atoms with Crippen molar-refractivity contribution in [3.8, 4) is 0 Å². The van der Waals surface area contributed by atoms with Crippen LogP contribution in [-0.4, -0.2) is 39.0 Å². The highest BCUT2D eigenvalue weighted by molar-refractivity contribution is 4.94. The van der Waals surface area contributed by atoms with Crippen LogP contribution in [0, 0.1) is 5.92 Å². The maximum atomic E-state index is 5.73. The van der Waals surface area contributed by atoms with E-state index in [-0.39, 0.29) is 5.60 Å². The van der Waals surface area contributed by atoms with Crippen molar-refractivity contribution in [1.82, 2.24) is 5.32 Å². The number of ether oxygens (including phenoxy) is 2. The SMILES string of the molecule is CNC(CC1(OC)CCC1)C1CCOCC1. The van der Waals surface area contributed by atoms with Gasteiger partial charge in [0.1, 0.15) is 0 Å². The largest absolute Gasteiger partial charge is 0.381 e. The van der Waals surface area contributed by atoms with Gasteiger partial charge in [-0.2, -0.15) is 0 Å². The van der Waals surface area contributed by atoms with Gasteiger partial charge in [-0.05, 0) is 51.5 Å². The Morgan fingerprint density at radius 2 is 2.06 bits per heavy atom. The minimum atomic E-state index is 0.186. The fourth-order valence-corrected chi connectivity index (χ4v) is 3.09. The fraction of sp³-hybridized carbons (Fsp3) is 1.00. The standard InChI is InChI=1S/C13H25NO2/c1-14-12(11-4-8-16-9-5-11)10-13(15-2)6-3-7-13/h11-12,14H,3-10H2,1-2H3. The van der Waals surface area contributed by atoms with E-state index in [1.165, 1.54) is 38.5 Å². The van der Waals surface area contributed by atoms with E-state index in [1.54, 1.807) is 0 Å². The molecular weight excluding hydrogens is 202 g/mol. The highest BCUT2D eigenvalue weighted by atomic mass is 16.5. The predicted octanol–water partition coefficient (Wildman–Crippen LogP) is 1.96. The number of hydrogen-bond donors (Lipinski definition) is 1. The van der Waals surface area contributed by atoms with Crippen LogP contribution in [-0.2, 0) is 9.47 Å². The van der Waals surface area contributed by atoms with Crippen LogP contribution in [0.5, 0.6) is 0 Å². The highest BCUT2D eigenvalue weighted by Crippen LogP contribution is 2.40. The van der Waals surface area contributed by atoms with E-state index in [0.717, 1.165) is 19.1 Å². The fourth-order valence-electron chi connectivity index (χ4n) is 3.09. The first-order valence-corrected chi connectivity index (χ1v) is 6.60. The molecule has 3 heteroatoms. The first kappa shape index (κ1) is 12.3. The maximum Gasteiger partial charge on any atom is 0.0693 e. The van der Waals surface area contributed by atoms with Gasteiger partial charge in [0, 0.05) is 26.4 Å². The van der Waals surface area contributed by atoms with E-state index >= 15 is 0 Å². The Bertz CT molecular complexity index is 204. The molecule has 0 aromatic rings. The maximum absolute atomic E-state index is 5.73. The Labute approximate surface area is 98.9 Å². The number of nitrogens with one attached hydrogen (secondary N) is 1. The van der Waals surface area contributed by atoms with Crippen LogP contribution in [0.3, 0.4) is 0 Å². The van der Waals surface area contributed by atoms with Gasteiger partial charge in [-0.3, -0.25) is 0 Å². The minimum absolute atomic E-state index is 0.186. The molecule has 1 atom stereocenters. The van der Waals surface area contributed by atoms with Crippen molar-refractivity contribution in [2.45, 2.75) is 50.2 Å². The van der Waals surface area contributed by atoms with Crippen molar-refractivity contribution in [2.24, 2.45) is 5.92 Å². The molecule has 2 rings (SSSR count). The van der Waals surface area contributed by atoms with Crippen molar-refractivity contribution >= 4 is 0 Å². The normalized spacial score (nSPS) is 27.4. The Morgan fingerprint density at radius 1 is 1.38 bits per heavy atom. The minimum Gasteiger partial charge on any atom is -0.381 e. The lowest BCUT2D eigenvalue weighted by Gasteiger charge is -2.44. The van der Waals surface area contributed by atoms with E-state index in [4.69, 9.17) is 9.47 Å². The van der Waals surface area contributed by atoms with Gasteiger partial charge >= 0.3 is 0 Å². The van der Waals surface area contributed by atoms with Gasteiger partial charge in [0.25, 0.3) is 0 Å². The Morgan fingerprint density at radius 3 is 2.50 bits per heavy atom. The summed E-state index contributed by atoms with van der Waals surface area (Å²) in [5.41, 5.74) is 0.186. The smallest absolute Gasteiger partial charge is 0.0693 e. The van der Waals surface area contributed by atoms with Crippen LogP contribution in [0.4, 0.5) is 0 Å². The summed E-state index contributed by atoms with van der Waals surface area (Å²) in [6.07, 6.45) is 7.38. The van der Waals surface area contributed by atoms with E-state index < -0.39 is 0 Å². The molecule has 1 N–H and O–H groups in total. The van der Waals surface area contributed by atoms with Crippen molar-refractivity contribution in [3.05, 3.63) is 0 Å². The van der Waals surface area contributed by atoms with Gasteiger partial charge in [-0.25, -0.2) is 0 Å². The molecule has 1 saturated carbocycles. The lowest BCUT2D eigenvalue weighted by molar-refractivity contribution is -0.0897. The van der Waals surface area contributed by atoms with E-state index in [1.807, 2.05) is 7.11 Å². The molecule has 0 amide bonds. The van der Waals surface area contributed by atoms with Gasteiger partial charge in [0.05, 0.1) is 5.60 Å².